The topological polar surface area (TPSA) is 122 Å². The molecule has 2 aromatic carbocycles. The van der Waals surface area contributed by atoms with Crippen molar-refractivity contribution in [1.82, 2.24) is 10.0 Å². The van der Waals surface area contributed by atoms with Gasteiger partial charge >= 0.3 is 5.97 Å². The van der Waals surface area contributed by atoms with Crippen LogP contribution in [0.3, 0.4) is 0 Å². The summed E-state index contributed by atoms with van der Waals surface area (Å²) in [6, 6.07) is 8.64. The smallest absolute Gasteiger partial charge is 0.327 e. The number of amides is 1. The minimum absolute atomic E-state index is 0.305. The number of rotatable bonds is 9. The zero-order chi connectivity index (χ0) is 23.2. The zero-order valence-corrected chi connectivity index (χ0v) is 18.3. The summed E-state index contributed by atoms with van der Waals surface area (Å²) in [5.74, 6) is -2.42. The van der Waals surface area contributed by atoms with E-state index in [4.69, 9.17) is 16.3 Å². The molecule has 0 saturated carbocycles. The number of aliphatic hydroxyl groups excluding tert-OH is 1. The molecule has 0 unspecified atom stereocenters. The Labute approximate surface area is 184 Å². The van der Waals surface area contributed by atoms with Gasteiger partial charge in [0.1, 0.15) is 11.9 Å². The van der Waals surface area contributed by atoms with Crippen LogP contribution in [0.4, 0.5) is 4.39 Å². The van der Waals surface area contributed by atoms with Gasteiger partial charge in [-0.15, -0.1) is 0 Å². The van der Waals surface area contributed by atoms with Gasteiger partial charge in [-0.05, 0) is 55.8 Å². The lowest BCUT2D eigenvalue weighted by Gasteiger charge is -2.20. The van der Waals surface area contributed by atoms with E-state index in [1.807, 2.05) is 4.72 Å². The largest absolute Gasteiger partial charge is 0.454 e. The predicted octanol–water partition coefficient (Wildman–Crippen LogP) is 1.93. The second-order valence-electron chi connectivity index (χ2n) is 6.75. The summed E-state index contributed by atoms with van der Waals surface area (Å²) in [5.41, 5.74) is 0.737. The first kappa shape index (κ1) is 24.7. The fourth-order valence-electron chi connectivity index (χ4n) is 2.56. The zero-order valence-electron chi connectivity index (χ0n) is 16.7. The van der Waals surface area contributed by atoms with Gasteiger partial charge in [0.15, 0.2) is 6.61 Å². The van der Waals surface area contributed by atoms with E-state index in [0.717, 1.165) is 29.8 Å². The number of nitrogens with one attached hydrogen (secondary N) is 2. The fraction of sp³-hybridized carbons (Fsp3) is 0.300. The van der Waals surface area contributed by atoms with E-state index in [9.17, 15) is 27.5 Å². The van der Waals surface area contributed by atoms with E-state index < -0.39 is 52.5 Å². The number of carbonyl (C=O) groups excluding carboxylic acids is 2. The van der Waals surface area contributed by atoms with Crippen LogP contribution in [-0.2, 0) is 24.3 Å². The molecule has 3 N–H and O–H groups in total. The van der Waals surface area contributed by atoms with Gasteiger partial charge in [-0.1, -0.05) is 23.7 Å². The molecule has 31 heavy (non-hydrogen) atoms. The summed E-state index contributed by atoms with van der Waals surface area (Å²) in [6.45, 7) is 2.20. The maximum Gasteiger partial charge on any atom is 0.327 e. The number of hydrogen-bond donors (Lipinski definition) is 3. The second-order valence-corrected chi connectivity index (χ2v) is 8.90. The molecule has 0 bridgehead atoms. The Kier molecular flexibility index (Phi) is 8.52. The molecule has 2 rings (SSSR count). The molecule has 0 aliphatic carbocycles. The maximum atomic E-state index is 13.0. The lowest BCUT2D eigenvalue weighted by atomic mass is 10.1. The molecule has 8 nitrogen and oxygen atoms in total. The van der Waals surface area contributed by atoms with Gasteiger partial charge in [0, 0.05) is 5.02 Å². The number of ether oxygens (including phenoxy) is 1. The van der Waals surface area contributed by atoms with Gasteiger partial charge in [-0.3, -0.25) is 9.59 Å². The van der Waals surface area contributed by atoms with Crippen LogP contribution < -0.4 is 10.0 Å². The second kappa shape index (κ2) is 10.7. The molecule has 0 aliphatic heterocycles. The summed E-state index contributed by atoms with van der Waals surface area (Å²) < 4.78 is 44.7. The average Bonchev–Trinajstić information content (AvgIpc) is 2.70. The standard InChI is InChI=1S/C20H22ClFN2O6S/c1-12(14-4-3-5-15(21)10-14)23-18(26)11-30-20(27)19(13(2)25)24-31(28,29)17-8-6-16(22)7-9-17/h3-10,12-13,19,24-25H,11H2,1-2H3,(H,23,26)/t12-,13-,19-/m1/s1. The Balaban J connectivity index is 1.97. The SMILES string of the molecule is C[C@@H](NC(=O)COC(=O)[C@H](NS(=O)(=O)c1ccc(F)cc1)[C@@H](C)O)c1cccc(Cl)c1. The Bertz CT molecular complexity index is 1030. The Morgan fingerprint density at radius 3 is 2.39 bits per heavy atom. The first-order valence-electron chi connectivity index (χ1n) is 9.17. The lowest BCUT2D eigenvalue weighted by Crippen LogP contribution is -2.49. The quantitative estimate of drug-likeness (QED) is 0.479. The van der Waals surface area contributed by atoms with Crippen molar-refractivity contribution in [3.05, 3.63) is 64.9 Å². The number of aliphatic hydroxyl groups is 1. The van der Waals surface area contributed by atoms with Crippen molar-refractivity contribution < 1.29 is 32.2 Å². The normalized spacial score (nSPS) is 14.4. The van der Waals surface area contributed by atoms with Crippen molar-refractivity contribution in [2.45, 2.75) is 36.9 Å². The molecule has 0 fully saturated rings. The Hall–Kier alpha value is -2.53. The molecular formula is C20H22ClFN2O6S. The van der Waals surface area contributed by atoms with Crippen LogP contribution in [0.5, 0.6) is 0 Å². The highest BCUT2D eigenvalue weighted by molar-refractivity contribution is 7.89. The Morgan fingerprint density at radius 2 is 1.81 bits per heavy atom. The number of esters is 1. The van der Waals surface area contributed by atoms with E-state index in [1.54, 1.807) is 31.2 Å². The van der Waals surface area contributed by atoms with Crippen LogP contribution in [-0.4, -0.2) is 44.2 Å². The highest BCUT2D eigenvalue weighted by Crippen LogP contribution is 2.17. The van der Waals surface area contributed by atoms with Crippen LogP contribution in [0.1, 0.15) is 25.5 Å². The summed E-state index contributed by atoms with van der Waals surface area (Å²) in [6.07, 6.45) is -1.46. The van der Waals surface area contributed by atoms with Crippen molar-refractivity contribution in [2.75, 3.05) is 6.61 Å². The predicted molar refractivity (Wildman–Crippen MR) is 111 cm³/mol. The number of halogens is 2. The average molecular weight is 473 g/mol. The molecule has 11 heteroatoms. The van der Waals surface area contributed by atoms with E-state index in [1.165, 1.54) is 6.92 Å². The molecule has 168 valence electrons. The Morgan fingerprint density at radius 1 is 1.16 bits per heavy atom. The highest BCUT2D eigenvalue weighted by Gasteiger charge is 2.31. The van der Waals surface area contributed by atoms with Crippen LogP contribution >= 0.6 is 11.6 Å². The van der Waals surface area contributed by atoms with Crippen LogP contribution in [0.15, 0.2) is 53.4 Å². The molecule has 0 heterocycles. The van der Waals surface area contributed by atoms with Crippen molar-refractivity contribution in [3.63, 3.8) is 0 Å². The van der Waals surface area contributed by atoms with E-state index >= 15 is 0 Å². The van der Waals surface area contributed by atoms with Crippen molar-refractivity contribution in [3.8, 4) is 0 Å². The first-order chi connectivity index (χ1) is 14.5. The van der Waals surface area contributed by atoms with Crippen LogP contribution in [0.2, 0.25) is 5.02 Å². The van der Waals surface area contributed by atoms with Gasteiger partial charge in [-0.2, -0.15) is 4.72 Å². The molecular weight excluding hydrogens is 451 g/mol. The van der Waals surface area contributed by atoms with Crippen molar-refractivity contribution >= 4 is 33.5 Å². The molecule has 0 aliphatic rings. The van der Waals surface area contributed by atoms with Crippen molar-refractivity contribution in [1.29, 1.82) is 0 Å². The fourth-order valence-corrected chi connectivity index (χ4v) is 4.02. The number of benzene rings is 2. The first-order valence-corrected chi connectivity index (χ1v) is 11.0. The van der Waals surface area contributed by atoms with Crippen molar-refractivity contribution in [2.24, 2.45) is 0 Å². The third kappa shape index (κ3) is 7.28. The molecule has 1 amide bonds. The minimum atomic E-state index is -4.25. The number of carbonyl (C=O) groups is 2. The summed E-state index contributed by atoms with van der Waals surface area (Å²) in [4.78, 5) is 24.1. The summed E-state index contributed by atoms with van der Waals surface area (Å²) in [5, 5.41) is 12.9. The van der Waals surface area contributed by atoms with E-state index in [0.29, 0.717) is 5.02 Å². The molecule has 0 spiro atoms. The third-order valence-electron chi connectivity index (χ3n) is 4.21. The molecule has 3 atom stereocenters. The maximum absolute atomic E-state index is 13.0. The molecule has 2 aromatic rings. The monoisotopic (exact) mass is 472 g/mol. The van der Waals surface area contributed by atoms with E-state index in [2.05, 4.69) is 5.32 Å². The third-order valence-corrected chi connectivity index (χ3v) is 5.91. The van der Waals surface area contributed by atoms with E-state index in [-0.39, 0.29) is 4.90 Å². The minimum Gasteiger partial charge on any atom is -0.454 e. The number of hydrogen-bond acceptors (Lipinski definition) is 6. The van der Waals surface area contributed by atoms with Crippen LogP contribution in [0.25, 0.3) is 0 Å². The van der Waals surface area contributed by atoms with Gasteiger partial charge in [0.2, 0.25) is 10.0 Å². The van der Waals surface area contributed by atoms with Gasteiger partial charge in [0.25, 0.3) is 5.91 Å². The molecule has 0 aromatic heterocycles. The summed E-state index contributed by atoms with van der Waals surface area (Å²) in [7, 11) is -4.25. The van der Waals surface area contributed by atoms with Gasteiger partial charge in [0.05, 0.1) is 17.0 Å². The van der Waals surface area contributed by atoms with Gasteiger partial charge < -0.3 is 15.2 Å². The highest BCUT2D eigenvalue weighted by atomic mass is 35.5. The summed E-state index contributed by atoms with van der Waals surface area (Å²) >= 11 is 5.92. The number of sulfonamides is 1. The molecule has 0 saturated heterocycles. The van der Waals surface area contributed by atoms with Crippen LogP contribution in [0, 0.1) is 5.82 Å². The molecule has 0 radical (unpaired) electrons. The lowest BCUT2D eigenvalue weighted by molar-refractivity contribution is -0.152. The van der Waals surface area contributed by atoms with Gasteiger partial charge in [-0.25, -0.2) is 12.8 Å².